The van der Waals surface area contributed by atoms with Crippen molar-refractivity contribution in [2.24, 2.45) is 0 Å². The van der Waals surface area contributed by atoms with Crippen LogP contribution in [-0.4, -0.2) is 34.6 Å². The van der Waals surface area contributed by atoms with Crippen molar-refractivity contribution in [3.05, 3.63) is 76.2 Å². The third kappa shape index (κ3) is 5.26. The van der Waals surface area contributed by atoms with Gasteiger partial charge in [0.15, 0.2) is 0 Å². The largest absolute Gasteiger partial charge is 0.348 e. The Labute approximate surface area is 195 Å². The summed E-state index contributed by atoms with van der Waals surface area (Å²) in [6.07, 6.45) is 7.36. The smallest absolute Gasteiger partial charge is 0.261 e. The molecule has 5 heteroatoms. The molecule has 3 atom stereocenters. The number of carbonyl (C=O) groups is 2. The van der Waals surface area contributed by atoms with Crippen LogP contribution in [-0.2, 0) is 16.0 Å². The molecule has 168 valence electrons. The first-order valence-corrected chi connectivity index (χ1v) is 12.6. The summed E-state index contributed by atoms with van der Waals surface area (Å²) in [5.41, 5.74) is 3.38. The van der Waals surface area contributed by atoms with Gasteiger partial charge in [-0.3, -0.25) is 9.59 Å². The Kier molecular flexibility index (Phi) is 7.36. The van der Waals surface area contributed by atoms with Gasteiger partial charge in [-0.25, -0.2) is 0 Å². The molecule has 0 radical (unpaired) electrons. The van der Waals surface area contributed by atoms with E-state index in [1.807, 2.05) is 48.2 Å². The lowest BCUT2D eigenvalue weighted by Crippen LogP contribution is -2.54. The Bertz CT molecular complexity index is 971. The van der Waals surface area contributed by atoms with Gasteiger partial charge in [-0.15, -0.1) is 11.8 Å². The minimum absolute atomic E-state index is 0.0137. The highest BCUT2D eigenvalue weighted by molar-refractivity contribution is 8.04. The van der Waals surface area contributed by atoms with E-state index >= 15 is 0 Å². The first kappa shape index (κ1) is 22.7. The van der Waals surface area contributed by atoms with Crippen molar-refractivity contribution in [3.8, 4) is 0 Å². The fourth-order valence-corrected chi connectivity index (χ4v) is 6.10. The molecule has 4 nitrogen and oxygen atoms in total. The Morgan fingerprint density at radius 2 is 1.84 bits per heavy atom. The number of benzene rings is 2. The molecule has 32 heavy (non-hydrogen) atoms. The van der Waals surface area contributed by atoms with Gasteiger partial charge in [0.25, 0.3) is 5.91 Å². The number of nitrogens with one attached hydrogen (secondary N) is 1. The first-order valence-electron chi connectivity index (χ1n) is 11.7. The highest BCUT2D eigenvalue weighted by Crippen LogP contribution is 2.42. The first-order chi connectivity index (χ1) is 15.5. The Hall–Kier alpha value is -2.53. The minimum Gasteiger partial charge on any atom is -0.348 e. The molecule has 0 aromatic heterocycles. The molecule has 1 heterocycles. The molecule has 2 aliphatic rings. The summed E-state index contributed by atoms with van der Waals surface area (Å²) in [4.78, 5) is 29.0. The number of hydrogen-bond donors (Lipinski definition) is 1. The maximum Gasteiger partial charge on any atom is 0.261 e. The average molecular weight is 449 g/mol. The number of fused-ring (bicyclic) bond motifs is 1. The zero-order chi connectivity index (χ0) is 22.5. The maximum absolute atomic E-state index is 13.5. The fourth-order valence-electron chi connectivity index (χ4n) is 4.63. The highest BCUT2D eigenvalue weighted by atomic mass is 32.2. The van der Waals surface area contributed by atoms with Crippen molar-refractivity contribution in [2.45, 2.75) is 63.3 Å². The van der Waals surface area contributed by atoms with E-state index in [4.69, 9.17) is 0 Å². The molecule has 0 spiro atoms. The van der Waals surface area contributed by atoms with E-state index in [2.05, 4.69) is 36.5 Å². The van der Waals surface area contributed by atoms with Gasteiger partial charge in [-0.2, -0.15) is 0 Å². The van der Waals surface area contributed by atoms with Crippen molar-refractivity contribution in [1.82, 2.24) is 10.2 Å². The van der Waals surface area contributed by atoms with Gasteiger partial charge >= 0.3 is 0 Å². The van der Waals surface area contributed by atoms with E-state index in [0.717, 1.165) is 41.7 Å². The summed E-state index contributed by atoms with van der Waals surface area (Å²) < 4.78 is 0. The number of rotatable bonds is 6. The Morgan fingerprint density at radius 3 is 2.56 bits per heavy atom. The zero-order valence-electron chi connectivity index (χ0n) is 18.9. The van der Waals surface area contributed by atoms with Crippen LogP contribution in [0.4, 0.5) is 0 Å². The van der Waals surface area contributed by atoms with Crippen LogP contribution >= 0.6 is 11.8 Å². The molecule has 4 rings (SSSR count). The second-order valence-electron chi connectivity index (χ2n) is 8.74. The molecule has 2 aromatic rings. The van der Waals surface area contributed by atoms with Crippen LogP contribution in [0.15, 0.2) is 59.5 Å². The van der Waals surface area contributed by atoms with Crippen LogP contribution in [0.2, 0.25) is 0 Å². The Balaban J connectivity index is 1.51. The summed E-state index contributed by atoms with van der Waals surface area (Å²) in [6.45, 7) is 4.23. The second-order valence-corrected chi connectivity index (χ2v) is 10.0. The van der Waals surface area contributed by atoms with Gasteiger partial charge in [0.2, 0.25) is 5.91 Å². The Morgan fingerprint density at radius 1 is 1.12 bits per heavy atom. The quantitative estimate of drug-likeness (QED) is 0.606. The lowest BCUT2D eigenvalue weighted by atomic mass is 9.93. The molecule has 2 fully saturated rings. The molecule has 1 saturated heterocycles. The van der Waals surface area contributed by atoms with Crippen LogP contribution in [0.25, 0.3) is 6.08 Å². The van der Waals surface area contributed by atoms with E-state index in [0.29, 0.717) is 5.25 Å². The number of amides is 2. The molecule has 0 bridgehead atoms. The number of hydrogen-bond acceptors (Lipinski definition) is 3. The molecule has 1 saturated carbocycles. The van der Waals surface area contributed by atoms with E-state index in [-0.39, 0.29) is 30.4 Å². The predicted octanol–water partition coefficient (Wildman–Crippen LogP) is 5.35. The fraction of sp³-hybridized carbons (Fsp3) is 0.407. The van der Waals surface area contributed by atoms with Gasteiger partial charge in [0.1, 0.15) is 6.54 Å². The van der Waals surface area contributed by atoms with E-state index in [1.165, 1.54) is 12.0 Å². The second kappa shape index (κ2) is 10.4. The molecule has 1 N–H and O–H groups in total. The van der Waals surface area contributed by atoms with Gasteiger partial charge in [-0.1, -0.05) is 74.4 Å². The van der Waals surface area contributed by atoms with Crippen LogP contribution in [0.1, 0.15) is 62.3 Å². The van der Waals surface area contributed by atoms with Crippen LogP contribution < -0.4 is 5.32 Å². The summed E-state index contributed by atoms with van der Waals surface area (Å²) in [7, 11) is 0. The summed E-state index contributed by atoms with van der Waals surface area (Å²) >= 11 is 1.71. The summed E-state index contributed by atoms with van der Waals surface area (Å²) in [5, 5.41) is 3.44. The van der Waals surface area contributed by atoms with Gasteiger partial charge < -0.3 is 10.2 Å². The zero-order valence-corrected chi connectivity index (χ0v) is 19.7. The monoisotopic (exact) mass is 448 g/mol. The van der Waals surface area contributed by atoms with Crippen molar-refractivity contribution < 1.29 is 9.59 Å². The topological polar surface area (TPSA) is 49.4 Å². The van der Waals surface area contributed by atoms with Crippen molar-refractivity contribution >= 4 is 29.7 Å². The summed E-state index contributed by atoms with van der Waals surface area (Å²) in [6, 6.07) is 18.4. The molecular formula is C27H32N2O2S. The molecule has 2 amide bonds. The predicted molar refractivity (Wildman–Crippen MR) is 132 cm³/mol. The SMILES string of the molecule is CCc1ccc(/C=C2/SC3CCCCC3N(CC(=O)NC(C)c3ccccc3)C2=O)cc1. The van der Waals surface area contributed by atoms with E-state index in [9.17, 15) is 9.59 Å². The van der Waals surface area contributed by atoms with E-state index < -0.39 is 0 Å². The number of aryl methyl sites for hydroxylation is 1. The van der Waals surface area contributed by atoms with Crippen molar-refractivity contribution in [3.63, 3.8) is 0 Å². The molecule has 3 unspecified atom stereocenters. The molecule has 2 aromatic carbocycles. The molecule has 1 aliphatic carbocycles. The minimum atomic E-state index is -0.0995. The van der Waals surface area contributed by atoms with Crippen LogP contribution in [0, 0.1) is 0 Å². The third-order valence-corrected chi connectivity index (χ3v) is 7.89. The third-order valence-electron chi connectivity index (χ3n) is 6.49. The van der Waals surface area contributed by atoms with Crippen LogP contribution in [0.5, 0.6) is 0 Å². The van der Waals surface area contributed by atoms with Crippen molar-refractivity contribution in [1.29, 1.82) is 0 Å². The van der Waals surface area contributed by atoms with E-state index in [1.54, 1.807) is 11.8 Å². The lowest BCUT2D eigenvalue weighted by Gasteiger charge is -2.44. The number of nitrogens with zero attached hydrogens (tertiary/aromatic N) is 1. The molecular weight excluding hydrogens is 416 g/mol. The normalized spacial score (nSPS) is 23.0. The van der Waals surface area contributed by atoms with Gasteiger partial charge in [0.05, 0.1) is 10.9 Å². The van der Waals surface area contributed by atoms with Crippen molar-refractivity contribution in [2.75, 3.05) is 6.54 Å². The average Bonchev–Trinajstić information content (AvgIpc) is 2.82. The number of thioether (sulfide) groups is 1. The lowest BCUT2D eigenvalue weighted by molar-refractivity contribution is -0.135. The molecule has 1 aliphatic heterocycles. The highest BCUT2D eigenvalue weighted by Gasteiger charge is 2.41. The van der Waals surface area contributed by atoms with Gasteiger partial charge in [0, 0.05) is 11.3 Å². The maximum atomic E-state index is 13.5. The summed E-state index contributed by atoms with van der Waals surface area (Å²) in [5.74, 6) is -0.113. The van der Waals surface area contributed by atoms with Crippen LogP contribution in [0.3, 0.4) is 0 Å². The number of carbonyl (C=O) groups excluding carboxylic acids is 2. The standard InChI is InChI=1S/C27H32N2O2S/c1-3-20-13-15-21(16-14-20)17-25-27(31)29(23-11-7-8-12-24(23)32-25)18-26(30)28-19(2)22-9-5-4-6-10-22/h4-6,9-10,13-17,19,23-24H,3,7-8,11-12,18H2,1-2H3,(H,28,30)/b25-17+. The van der Waals surface area contributed by atoms with Gasteiger partial charge in [-0.05, 0) is 49.0 Å².